The van der Waals surface area contributed by atoms with Crippen LogP contribution in [0.1, 0.15) is 12.5 Å². The minimum absolute atomic E-state index is 0.200. The van der Waals surface area contributed by atoms with Crippen LogP contribution < -0.4 is 5.73 Å². The second-order valence-corrected chi connectivity index (χ2v) is 5.16. The molecule has 2 aromatic rings. The second kappa shape index (κ2) is 3.96. The van der Waals surface area contributed by atoms with Crippen LogP contribution in [0.2, 0.25) is 0 Å². The van der Waals surface area contributed by atoms with Gasteiger partial charge >= 0.3 is 0 Å². The molecule has 2 nitrogen and oxygen atoms in total. The highest BCUT2D eigenvalue weighted by Crippen LogP contribution is 2.29. The molecule has 0 amide bonds. The first-order valence-electron chi connectivity index (χ1n) is 4.45. The maximum absolute atomic E-state index is 5.77. The molecule has 0 aliphatic heterocycles. The number of aromatic nitrogens is 1. The number of nitrogens with zero attached hydrogens (tertiary/aromatic N) is 1. The van der Waals surface area contributed by atoms with Gasteiger partial charge in [0, 0.05) is 22.1 Å². The monoisotopic (exact) mass is 270 g/mol. The van der Waals surface area contributed by atoms with Crippen molar-refractivity contribution in [2.24, 2.45) is 5.73 Å². The van der Waals surface area contributed by atoms with Crippen LogP contribution in [-0.4, -0.2) is 10.4 Å². The molecule has 1 aromatic carbocycles. The molecule has 0 radical (unpaired) electrons. The molecule has 74 valence electrons. The summed E-state index contributed by atoms with van der Waals surface area (Å²) in [7, 11) is 0. The van der Waals surface area contributed by atoms with Gasteiger partial charge in [-0.1, -0.05) is 0 Å². The highest BCUT2D eigenvalue weighted by atomic mass is 79.9. The summed E-state index contributed by atoms with van der Waals surface area (Å²) in [5, 5.41) is 1.19. The molecule has 2 rings (SSSR count). The van der Waals surface area contributed by atoms with Gasteiger partial charge in [-0.05, 0) is 58.5 Å². The van der Waals surface area contributed by atoms with Crippen molar-refractivity contribution in [3.05, 3.63) is 28.4 Å². The summed E-state index contributed by atoms with van der Waals surface area (Å²) in [6.45, 7) is 2.02. The van der Waals surface area contributed by atoms with E-state index in [1.54, 1.807) is 0 Å². The molecular formula is C10H11BrN2S. The van der Waals surface area contributed by atoms with E-state index < -0.39 is 0 Å². The molecule has 4 heteroatoms. The van der Waals surface area contributed by atoms with Crippen molar-refractivity contribution in [1.29, 1.82) is 0 Å². The molecule has 0 fully saturated rings. The molecule has 0 saturated heterocycles. The number of hydrogen-bond donors (Lipinski definition) is 1. The summed E-state index contributed by atoms with van der Waals surface area (Å²) in [5.41, 5.74) is 7.03. The van der Waals surface area contributed by atoms with Crippen LogP contribution in [-0.2, 0) is 6.42 Å². The van der Waals surface area contributed by atoms with Crippen LogP contribution in [0.3, 0.4) is 0 Å². The topological polar surface area (TPSA) is 38.9 Å². The SMILES string of the molecule is CC(N)Cc1cc(Br)c2sncc2c1. The van der Waals surface area contributed by atoms with E-state index in [0.29, 0.717) is 0 Å². The van der Waals surface area contributed by atoms with E-state index in [-0.39, 0.29) is 6.04 Å². The summed E-state index contributed by atoms with van der Waals surface area (Å²) >= 11 is 5.06. The van der Waals surface area contributed by atoms with Crippen LogP contribution in [0, 0.1) is 0 Å². The zero-order chi connectivity index (χ0) is 10.1. The van der Waals surface area contributed by atoms with Gasteiger partial charge in [0.15, 0.2) is 0 Å². The Balaban J connectivity index is 2.47. The Morgan fingerprint density at radius 2 is 2.36 bits per heavy atom. The van der Waals surface area contributed by atoms with E-state index in [1.165, 1.54) is 27.2 Å². The Labute approximate surface area is 95.4 Å². The number of hydrogen-bond acceptors (Lipinski definition) is 3. The Morgan fingerprint density at radius 3 is 3.07 bits per heavy atom. The third-order valence-electron chi connectivity index (χ3n) is 2.03. The lowest BCUT2D eigenvalue weighted by molar-refractivity contribution is 0.738. The van der Waals surface area contributed by atoms with Gasteiger partial charge in [0.05, 0.1) is 4.70 Å². The zero-order valence-electron chi connectivity index (χ0n) is 7.83. The predicted octanol–water partition coefficient (Wildman–Crippen LogP) is 2.95. The van der Waals surface area contributed by atoms with Gasteiger partial charge in [-0.3, -0.25) is 0 Å². The minimum Gasteiger partial charge on any atom is -0.328 e. The van der Waals surface area contributed by atoms with Crippen molar-refractivity contribution >= 4 is 37.5 Å². The van der Waals surface area contributed by atoms with Crippen molar-refractivity contribution in [1.82, 2.24) is 4.37 Å². The molecule has 14 heavy (non-hydrogen) atoms. The van der Waals surface area contributed by atoms with Crippen molar-refractivity contribution < 1.29 is 0 Å². The quantitative estimate of drug-likeness (QED) is 0.912. The fraction of sp³-hybridized carbons (Fsp3) is 0.300. The van der Waals surface area contributed by atoms with E-state index in [2.05, 4.69) is 32.4 Å². The first-order chi connectivity index (χ1) is 6.66. The number of rotatable bonds is 2. The average molecular weight is 271 g/mol. The molecule has 0 aliphatic carbocycles. The smallest absolute Gasteiger partial charge is 0.0692 e. The Bertz CT molecular complexity index is 450. The number of nitrogens with two attached hydrogens (primary N) is 1. The predicted molar refractivity (Wildman–Crippen MR) is 64.7 cm³/mol. The van der Waals surface area contributed by atoms with Gasteiger partial charge < -0.3 is 5.73 Å². The largest absolute Gasteiger partial charge is 0.328 e. The first-order valence-corrected chi connectivity index (χ1v) is 6.02. The highest BCUT2D eigenvalue weighted by molar-refractivity contribution is 9.10. The molecule has 1 heterocycles. The second-order valence-electron chi connectivity index (χ2n) is 3.50. The maximum atomic E-state index is 5.77. The van der Waals surface area contributed by atoms with Crippen LogP contribution in [0.5, 0.6) is 0 Å². The Kier molecular flexibility index (Phi) is 2.85. The molecule has 0 bridgehead atoms. The Hall–Kier alpha value is -0.450. The fourth-order valence-electron chi connectivity index (χ4n) is 1.49. The van der Waals surface area contributed by atoms with Gasteiger partial charge in [-0.2, -0.15) is 4.37 Å². The number of halogens is 1. The highest BCUT2D eigenvalue weighted by Gasteiger charge is 2.05. The lowest BCUT2D eigenvalue weighted by Crippen LogP contribution is -2.17. The third kappa shape index (κ3) is 1.97. The summed E-state index contributed by atoms with van der Waals surface area (Å²) in [6, 6.07) is 4.49. The molecule has 1 aromatic heterocycles. The van der Waals surface area contributed by atoms with E-state index in [1.807, 2.05) is 13.1 Å². The third-order valence-corrected chi connectivity index (χ3v) is 3.76. The van der Waals surface area contributed by atoms with Gasteiger partial charge in [0.2, 0.25) is 0 Å². The summed E-state index contributed by atoms with van der Waals surface area (Å²) in [4.78, 5) is 0. The maximum Gasteiger partial charge on any atom is 0.0692 e. The van der Waals surface area contributed by atoms with Crippen molar-refractivity contribution in [3.8, 4) is 0 Å². The van der Waals surface area contributed by atoms with Crippen LogP contribution in [0.4, 0.5) is 0 Å². The molecule has 2 N–H and O–H groups in total. The van der Waals surface area contributed by atoms with E-state index in [9.17, 15) is 0 Å². The number of fused-ring (bicyclic) bond motifs is 1. The molecule has 1 atom stereocenters. The normalized spacial score (nSPS) is 13.4. The average Bonchev–Trinajstić information content (AvgIpc) is 2.50. The number of benzene rings is 1. The molecule has 0 aliphatic rings. The van der Waals surface area contributed by atoms with Crippen LogP contribution in [0.15, 0.2) is 22.8 Å². The molecular weight excluding hydrogens is 260 g/mol. The lowest BCUT2D eigenvalue weighted by Gasteiger charge is -2.05. The van der Waals surface area contributed by atoms with Crippen molar-refractivity contribution in [3.63, 3.8) is 0 Å². The Morgan fingerprint density at radius 1 is 1.57 bits per heavy atom. The lowest BCUT2D eigenvalue weighted by atomic mass is 10.1. The summed E-state index contributed by atoms with van der Waals surface area (Å²) in [5.74, 6) is 0. The molecule has 1 unspecified atom stereocenters. The van der Waals surface area contributed by atoms with Crippen molar-refractivity contribution in [2.45, 2.75) is 19.4 Å². The zero-order valence-corrected chi connectivity index (χ0v) is 10.2. The van der Waals surface area contributed by atoms with Gasteiger partial charge in [0.25, 0.3) is 0 Å². The van der Waals surface area contributed by atoms with Gasteiger partial charge in [0.1, 0.15) is 0 Å². The van der Waals surface area contributed by atoms with Gasteiger partial charge in [-0.15, -0.1) is 0 Å². The standard InChI is InChI=1S/C10H11BrN2S/c1-6(12)2-7-3-8-5-13-14-10(8)9(11)4-7/h3-6H,2,12H2,1H3. The van der Waals surface area contributed by atoms with E-state index in [0.717, 1.165) is 10.9 Å². The van der Waals surface area contributed by atoms with Gasteiger partial charge in [-0.25, -0.2) is 0 Å². The first kappa shape index (κ1) is 10.1. The molecule has 0 saturated carbocycles. The summed E-state index contributed by atoms with van der Waals surface area (Å²) < 4.78 is 6.49. The van der Waals surface area contributed by atoms with E-state index >= 15 is 0 Å². The van der Waals surface area contributed by atoms with Crippen LogP contribution >= 0.6 is 27.5 Å². The minimum atomic E-state index is 0.200. The summed E-state index contributed by atoms with van der Waals surface area (Å²) in [6.07, 6.45) is 2.81. The van der Waals surface area contributed by atoms with Crippen LogP contribution in [0.25, 0.3) is 10.1 Å². The molecule has 0 spiro atoms. The van der Waals surface area contributed by atoms with Crippen molar-refractivity contribution in [2.75, 3.05) is 0 Å². The fourth-order valence-corrected chi connectivity index (χ4v) is 2.87. The van der Waals surface area contributed by atoms with E-state index in [4.69, 9.17) is 5.73 Å².